The average molecular weight is 266 g/mol. The molecule has 0 aromatic carbocycles. The number of carbonyl (C=O) groups is 1. The van der Waals surface area contributed by atoms with Crippen LogP contribution in [0.1, 0.15) is 32.8 Å². The molecule has 0 bridgehead atoms. The number of carbonyl (C=O) groups excluding carboxylic acids is 1. The second-order valence-corrected chi connectivity index (χ2v) is 4.22. The molecule has 0 spiro atoms. The average Bonchev–Trinajstić information content (AvgIpc) is 2.44. The Morgan fingerprint density at radius 1 is 1.37 bits per heavy atom. The Bertz CT molecular complexity index is 423. The fraction of sp³-hybridized carbons (Fsp3) is 0.615. The lowest BCUT2D eigenvalue weighted by molar-refractivity contribution is -0.141. The minimum atomic E-state index is -0.441. The van der Waals surface area contributed by atoms with Gasteiger partial charge in [-0.25, -0.2) is 14.8 Å². The van der Waals surface area contributed by atoms with Gasteiger partial charge in [0, 0.05) is 12.1 Å². The Morgan fingerprint density at radius 2 is 2.05 bits per heavy atom. The van der Waals surface area contributed by atoms with Crippen LogP contribution in [0.25, 0.3) is 0 Å². The van der Waals surface area contributed by atoms with Crippen LogP contribution in [0.15, 0.2) is 6.33 Å². The maximum atomic E-state index is 11.4. The SMILES string of the molecule is CCCNc1ncnc(NC(C)C(=O)OC)c1CC. The predicted molar refractivity (Wildman–Crippen MR) is 75.3 cm³/mol. The standard InChI is InChI=1S/C13H22N4O2/c1-5-7-14-11-10(6-2)12(16-8-15-11)17-9(3)13(18)19-4/h8-9H,5-7H2,1-4H3,(H2,14,15,16,17). The van der Waals surface area contributed by atoms with E-state index < -0.39 is 6.04 Å². The lowest BCUT2D eigenvalue weighted by Crippen LogP contribution is -2.28. The van der Waals surface area contributed by atoms with Crippen molar-refractivity contribution in [1.82, 2.24) is 9.97 Å². The van der Waals surface area contributed by atoms with Gasteiger partial charge in [0.15, 0.2) is 0 Å². The van der Waals surface area contributed by atoms with Crippen molar-refractivity contribution in [3.63, 3.8) is 0 Å². The zero-order valence-corrected chi connectivity index (χ0v) is 12.0. The molecular weight excluding hydrogens is 244 g/mol. The van der Waals surface area contributed by atoms with Crippen LogP contribution in [0.5, 0.6) is 0 Å². The molecule has 2 N–H and O–H groups in total. The zero-order chi connectivity index (χ0) is 14.3. The number of nitrogens with one attached hydrogen (secondary N) is 2. The van der Waals surface area contributed by atoms with E-state index >= 15 is 0 Å². The first-order chi connectivity index (χ1) is 9.13. The molecule has 106 valence electrons. The summed E-state index contributed by atoms with van der Waals surface area (Å²) in [6.45, 7) is 6.73. The molecule has 1 unspecified atom stereocenters. The Hall–Kier alpha value is -1.85. The lowest BCUT2D eigenvalue weighted by atomic mass is 10.2. The Morgan fingerprint density at radius 3 is 2.63 bits per heavy atom. The third kappa shape index (κ3) is 4.08. The van der Waals surface area contributed by atoms with E-state index in [0.717, 1.165) is 30.8 Å². The van der Waals surface area contributed by atoms with E-state index in [2.05, 4.69) is 27.5 Å². The minimum Gasteiger partial charge on any atom is -0.467 e. The molecule has 19 heavy (non-hydrogen) atoms. The molecule has 0 aliphatic carbocycles. The highest BCUT2D eigenvalue weighted by molar-refractivity contribution is 5.79. The lowest BCUT2D eigenvalue weighted by Gasteiger charge is -2.17. The zero-order valence-electron chi connectivity index (χ0n) is 12.0. The molecule has 0 amide bonds. The number of nitrogens with zero attached hydrogens (tertiary/aromatic N) is 2. The van der Waals surface area contributed by atoms with Gasteiger partial charge < -0.3 is 15.4 Å². The van der Waals surface area contributed by atoms with E-state index in [9.17, 15) is 4.79 Å². The first kappa shape index (κ1) is 15.2. The molecule has 6 heteroatoms. The van der Waals surface area contributed by atoms with Crippen LogP contribution >= 0.6 is 0 Å². The van der Waals surface area contributed by atoms with Crippen LogP contribution in [0.4, 0.5) is 11.6 Å². The summed E-state index contributed by atoms with van der Waals surface area (Å²) in [6, 6.07) is -0.441. The summed E-state index contributed by atoms with van der Waals surface area (Å²) in [4.78, 5) is 19.9. The summed E-state index contributed by atoms with van der Waals surface area (Å²) in [5, 5.41) is 6.33. The maximum Gasteiger partial charge on any atom is 0.328 e. The van der Waals surface area contributed by atoms with E-state index in [0.29, 0.717) is 5.82 Å². The van der Waals surface area contributed by atoms with Crippen LogP contribution < -0.4 is 10.6 Å². The fourth-order valence-electron chi connectivity index (χ4n) is 1.71. The number of anilines is 2. The van der Waals surface area contributed by atoms with Gasteiger partial charge in [-0.05, 0) is 19.8 Å². The van der Waals surface area contributed by atoms with Gasteiger partial charge >= 0.3 is 5.97 Å². The molecule has 0 saturated carbocycles. The summed E-state index contributed by atoms with van der Waals surface area (Å²) in [5.41, 5.74) is 0.978. The Labute approximate surface area is 114 Å². The third-order valence-corrected chi connectivity index (χ3v) is 2.75. The van der Waals surface area contributed by atoms with Crippen molar-refractivity contribution in [2.45, 2.75) is 39.7 Å². The monoisotopic (exact) mass is 266 g/mol. The molecule has 1 aromatic heterocycles. The van der Waals surface area contributed by atoms with Crippen LogP contribution in [0.3, 0.4) is 0 Å². The first-order valence-corrected chi connectivity index (χ1v) is 6.56. The predicted octanol–water partition coefficient (Wildman–Crippen LogP) is 1.83. The Kier molecular flexibility index (Phi) is 6.05. The minimum absolute atomic E-state index is 0.316. The van der Waals surface area contributed by atoms with Crippen molar-refractivity contribution in [2.75, 3.05) is 24.3 Å². The third-order valence-electron chi connectivity index (χ3n) is 2.75. The van der Waals surface area contributed by atoms with Gasteiger partial charge in [0.05, 0.1) is 7.11 Å². The quantitative estimate of drug-likeness (QED) is 0.733. The number of hydrogen-bond acceptors (Lipinski definition) is 6. The highest BCUT2D eigenvalue weighted by atomic mass is 16.5. The fourth-order valence-corrected chi connectivity index (χ4v) is 1.71. The topological polar surface area (TPSA) is 76.1 Å². The number of ether oxygens (including phenoxy) is 1. The highest BCUT2D eigenvalue weighted by Gasteiger charge is 2.16. The summed E-state index contributed by atoms with van der Waals surface area (Å²) in [6.07, 6.45) is 3.29. The molecule has 1 aromatic rings. The summed E-state index contributed by atoms with van der Waals surface area (Å²) in [7, 11) is 1.37. The van der Waals surface area contributed by atoms with Gasteiger partial charge in [-0.2, -0.15) is 0 Å². The van der Waals surface area contributed by atoms with Crippen molar-refractivity contribution in [3.8, 4) is 0 Å². The Balaban J connectivity index is 2.90. The van der Waals surface area contributed by atoms with Crippen molar-refractivity contribution >= 4 is 17.6 Å². The highest BCUT2D eigenvalue weighted by Crippen LogP contribution is 2.21. The van der Waals surface area contributed by atoms with Gasteiger partial charge in [0.1, 0.15) is 24.0 Å². The molecule has 1 rings (SSSR count). The van der Waals surface area contributed by atoms with Gasteiger partial charge in [-0.15, -0.1) is 0 Å². The smallest absolute Gasteiger partial charge is 0.328 e. The second-order valence-electron chi connectivity index (χ2n) is 4.22. The summed E-state index contributed by atoms with van der Waals surface area (Å²) in [5.74, 6) is 1.18. The van der Waals surface area contributed by atoms with Crippen molar-refractivity contribution in [2.24, 2.45) is 0 Å². The second kappa shape index (κ2) is 7.56. The van der Waals surface area contributed by atoms with Gasteiger partial charge in [0.2, 0.25) is 0 Å². The first-order valence-electron chi connectivity index (χ1n) is 6.56. The number of methoxy groups -OCH3 is 1. The molecule has 0 radical (unpaired) electrons. The van der Waals surface area contributed by atoms with Gasteiger partial charge in [0.25, 0.3) is 0 Å². The molecule has 0 fully saturated rings. The number of hydrogen-bond donors (Lipinski definition) is 2. The molecule has 1 atom stereocenters. The normalized spacial score (nSPS) is 11.8. The van der Waals surface area contributed by atoms with Gasteiger partial charge in [-0.1, -0.05) is 13.8 Å². The molecule has 0 aliphatic rings. The molecule has 0 aliphatic heterocycles. The largest absolute Gasteiger partial charge is 0.467 e. The van der Waals surface area contributed by atoms with Gasteiger partial charge in [-0.3, -0.25) is 0 Å². The van der Waals surface area contributed by atoms with Crippen LogP contribution in [-0.2, 0) is 16.0 Å². The molecule has 6 nitrogen and oxygen atoms in total. The van der Waals surface area contributed by atoms with Crippen LogP contribution in [0.2, 0.25) is 0 Å². The van der Waals surface area contributed by atoms with Crippen LogP contribution in [0, 0.1) is 0 Å². The van der Waals surface area contributed by atoms with Crippen LogP contribution in [-0.4, -0.2) is 35.6 Å². The number of esters is 1. The van der Waals surface area contributed by atoms with Crippen molar-refractivity contribution in [1.29, 1.82) is 0 Å². The van der Waals surface area contributed by atoms with E-state index in [1.807, 2.05) is 6.92 Å². The number of aromatic nitrogens is 2. The molecule has 0 saturated heterocycles. The summed E-state index contributed by atoms with van der Waals surface area (Å²) >= 11 is 0. The van der Waals surface area contributed by atoms with E-state index in [1.165, 1.54) is 13.4 Å². The van der Waals surface area contributed by atoms with E-state index in [-0.39, 0.29) is 5.97 Å². The van der Waals surface area contributed by atoms with Crippen molar-refractivity contribution < 1.29 is 9.53 Å². The molecule has 1 heterocycles. The van der Waals surface area contributed by atoms with Crippen molar-refractivity contribution in [3.05, 3.63) is 11.9 Å². The molecular formula is C13H22N4O2. The summed E-state index contributed by atoms with van der Waals surface area (Å²) < 4.78 is 4.69. The van der Waals surface area contributed by atoms with E-state index in [4.69, 9.17) is 4.74 Å². The number of rotatable bonds is 7. The van der Waals surface area contributed by atoms with E-state index in [1.54, 1.807) is 6.92 Å². The maximum absolute atomic E-state index is 11.4.